The quantitative estimate of drug-likeness (QED) is 0.538. The molecule has 0 aliphatic heterocycles. The van der Waals surface area contributed by atoms with Crippen LogP contribution in [0, 0.1) is 11.8 Å². The lowest BCUT2D eigenvalue weighted by atomic mass is 9.79. The van der Waals surface area contributed by atoms with Crippen LogP contribution in [-0.2, 0) is 9.53 Å². The molecule has 0 saturated heterocycles. The van der Waals surface area contributed by atoms with Crippen LogP contribution in [0.25, 0.3) is 0 Å². The molecule has 3 nitrogen and oxygen atoms in total. The van der Waals surface area contributed by atoms with Crippen LogP contribution in [0.1, 0.15) is 26.2 Å². The summed E-state index contributed by atoms with van der Waals surface area (Å²) < 4.78 is 4.67. The average molecular weight is 198 g/mol. The first kappa shape index (κ1) is 11.2. The van der Waals surface area contributed by atoms with Gasteiger partial charge in [0.1, 0.15) is 0 Å². The lowest BCUT2D eigenvalue weighted by Gasteiger charge is -2.27. The fourth-order valence-corrected chi connectivity index (χ4v) is 1.69. The summed E-state index contributed by atoms with van der Waals surface area (Å²) in [5.74, 6) is 0.129. The fraction of sp³-hybridized carbons (Fsp3) is 0.727. The van der Waals surface area contributed by atoms with E-state index >= 15 is 0 Å². The topological polar surface area (TPSA) is 46.5 Å². The molecule has 80 valence electrons. The Kier molecular flexibility index (Phi) is 4.14. The van der Waals surface area contributed by atoms with Gasteiger partial charge < -0.3 is 9.84 Å². The summed E-state index contributed by atoms with van der Waals surface area (Å²) in [6, 6.07) is 0. The number of rotatable bonds is 5. The van der Waals surface area contributed by atoms with Gasteiger partial charge in [-0.1, -0.05) is 18.6 Å². The number of aliphatic hydroxyl groups excluding tert-OH is 1. The van der Waals surface area contributed by atoms with Gasteiger partial charge in [0.2, 0.25) is 0 Å². The molecule has 0 spiro atoms. The first-order valence-corrected chi connectivity index (χ1v) is 5.09. The van der Waals surface area contributed by atoms with Crippen LogP contribution in [0.15, 0.2) is 12.2 Å². The number of carbonyl (C=O) groups excluding carboxylic acids is 1. The first-order chi connectivity index (χ1) is 6.65. The highest BCUT2D eigenvalue weighted by Crippen LogP contribution is 2.31. The average Bonchev–Trinajstić information content (AvgIpc) is 2.09. The minimum atomic E-state index is -0.240. The number of hydrogen-bond acceptors (Lipinski definition) is 3. The van der Waals surface area contributed by atoms with Crippen molar-refractivity contribution < 1.29 is 14.6 Å². The maximum atomic E-state index is 11.2. The van der Waals surface area contributed by atoms with Crippen molar-refractivity contribution in [3.63, 3.8) is 0 Å². The van der Waals surface area contributed by atoms with Crippen LogP contribution in [0.3, 0.4) is 0 Å². The SMILES string of the molecule is COC(=O)[C@@H]1C=C[C@H]1CCC[C@H](C)O. The molecule has 0 aromatic rings. The number of aliphatic hydroxyl groups is 1. The molecule has 3 atom stereocenters. The zero-order valence-electron chi connectivity index (χ0n) is 8.77. The smallest absolute Gasteiger partial charge is 0.313 e. The van der Waals surface area contributed by atoms with E-state index in [9.17, 15) is 4.79 Å². The summed E-state index contributed by atoms with van der Waals surface area (Å²) in [6.45, 7) is 1.79. The van der Waals surface area contributed by atoms with E-state index in [-0.39, 0.29) is 18.0 Å². The Morgan fingerprint density at radius 3 is 2.71 bits per heavy atom. The second-order valence-electron chi connectivity index (χ2n) is 3.88. The van der Waals surface area contributed by atoms with E-state index in [0.29, 0.717) is 5.92 Å². The van der Waals surface area contributed by atoms with Crippen molar-refractivity contribution >= 4 is 5.97 Å². The maximum Gasteiger partial charge on any atom is 0.313 e. The third-order valence-electron chi connectivity index (χ3n) is 2.66. The molecule has 1 N–H and O–H groups in total. The molecule has 1 aliphatic rings. The van der Waals surface area contributed by atoms with Gasteiger partial charge in [0.05, 0.1) is 19.1 Å². The molecule has 0 aromatic carbocycles. The summed E-state index contributed by atoms with van der Waals surface area (Å²) in [7, 11) is 1.42. The summed E-state index contributed by atoms with van der Waals surface area (Å²) in [5, 5.41) is 9.07. The zero-order valence-corrected chi connectivity index (χ0v) is 8.77. The summed E-state index contributed by atoms with van der Waals surface area (Å²) in [6.07, 6.45) is 6.41. The van der Waals surface area contributed by atoms with Crippen molar-refractivity contribution in [3.05, 3.63) is 12.2 Å². The van der Waals surface area contributed by atoms with Crippen molar-refractivity contribution in [2.45, 2.75) is 32.3 Å². The predicted octanol–water partition coefficient (Wildman–Crippen LogP) is 1.51. The molecular formula is C11H18O3. The van der Waals surface area contributed by atoms with Crippen molar-refractivity contribution in [1.29, 1.82) is 0 Å². The van der Waals surface area contributed by atoms with Crippen LogP contribution in [0.5, 0.6) is 0 Å². The summed E-state index contributed by atoms with van der Waals surface area (Å²) in [4.78, 5) is 11.2. The molecule has 0 amide bonds. The van der Waals surface area contributed by atoms with Crippen molar-refractivity contribution in [2.24, 2.45) is 11.8 Å². The Balaban J connectivity index is 2.21. The predicted molar refractivity (Wildman–Crippen MR) is 53.7 cm³/mol. The maximum absolute atomic E-state index is 11.2. The van der Waals surface area contributed by atoms with Gasteiger partial charge in [-0.3, -0.25) is 4.79 Å². The monoisotopic (exact) mass is 198 g/mol. The Labute approximate surface area is 84.8 Å². The highest BCUT2D eigenvalue weighted by molar-refractivity contribution is 5.76. The second-order valence-corrected chi connectivity index (χ2v) is 3.88. The molecular weight excluding hydrogens is 180 g/mol. The zero-order chi connectivity index (χ0) is 10.6. The Bertz CT molecular complexity index is 221. The molecule has 0 radical (unpaired) electrons. The lowest BCUT2D eigenvalue weighted by Crippen LogP contribution is -2.28. The molecule has 0 bridgehead atoms. The normalized spacial score (nSPS) is 26.8. The molecule has 14 heavy (non-hydrogen) atoms. The van der Waals surface area contributed by atoms with Gasteiger partial charge in [-0.15, -0.1) is 0 Å². The van der Waals surface area contributed by atoms with Gasteiger partial charge >= 0.3 is 5.97 Å². The second kappa shape index (κ2) is 5.15. The lowest BCUT2D eigenvalue weighted by molar-refractivity contribution is -0.145. The Morgan fingerprint density at radius 2 is 2.29 bits per heavy atom. The van der Waals surface area contributed by atoms with Crippen LogP contribution in [0.4, 0.5) is 0 Å². The van der Waals surface area contributed by atoms with Gasteiger partial charge in [-0.25, -0.2) is 0 Å². The van der Waals surface area contributed by atoms with E-state index in [1.54, 1.807) is 6.92 Å². The number of methoxy groups -OCH3 is 1. The highest BCUT2D eigenvalue weighted by atomic mass is 16.5. The van der Waals surface area contributed by atoms with Crippen LogP contribution < -0.4 is 0 Å². The van der Waals surface area contributed by atoms with Crippen LogP contribution >= 0.6 is 0 Å². The summed E-state index contributed by atoms with van der Waals surface area (Å²) in [5.41, 5.74) is 0. The number of hydrogen-bond donors (Lipinski definition) is 1. The van der Waals surface area contributed by atoms with Gasteiger partial charge in [0.25, 0.3) is 0 Å². The number of allylic oxidation sites excluding steroid dienone is 1. The Hall–Kier alpha value is -0.830. The van der Waals surface area contributed by atoms with E-state index in [0.717, 1.165) is 19.3 Å². The molecule has 3 heteroatoms. The van der Waals surface area contributed by atoms with Crippen molar-refractivity contribution in [3.8, 4) is 0 Å². The molecule has 0 heterocycles. The minimum absolute atomic E-state index is 0.0472. The van der Waals surface area contributed by atoms with Crippen molar-refractivity contribution in [2.75, 3.05) is 7.11 Å². The van der Waals surface area contributed by atoms with Gasteiger partial charge in [0, 0.05) is 0 Å². The van der Waals surface area contributed by atoms with Crippen molar-refractivity contribution in [1.82, 2.24) is 0 Å². The Morgan fingerprint density at radius 1 is 1.57 bits per heavy atom. The highest BCUT2D eigenvalue weighted by Gasteiger charge is 2.30. The number of esters is 1. The van der Waals surface area contributed by atoms with Crippen LogP contribution in [-0.4, -0.2) is 24.3 Å². The molecule has 0 aromatic heterocycles. The number of ether oxygens (including phenoxy) is 1. The van der Waals surface area contributed by atoms with Crippen LogP contribution in [0.2, 0.25) is 0 Å². The van der Waals surface area contributed by atoms with E-state index in [1.807, 2.05) is 12.2 Å². The molecule has 1 rings (SSSR count). The van der Waals surface area contributed by atoms with Gasteiger partial charge in [0.15, 0.2) is 0 Å². The van der Waals surface area contributed by atoms with Gasteiger partial charge in [-0.05, 0) is 25.7 Å². The summed E-state index contributed by atoms with van der Waals surface area (Å²) >= 11 is 0. The fourth-order valence-electron chi connectivity index (χ4n) is 1.69. The van der Waals surface area contributed by atoms with E-state index < -0.39 is 0 Å². The van der Waals surface area contributed by atoms with E-state index in [2.05, 4.69) is 4.74 Å². The standard InChI is InChI=1S/C11H18O3/c1-8(12)4-3-5-9-6-7-10(9)11(13)14-2/h6-10,12H,3-5H2,1-2H3/t8-,9+,10+/m0/s1. The third kappa shape index (κ3) is 2.84. The first-order valence-electron chi connectivity index (χ1n) is 5.09. The minimum Gasteiger partial charge on any atom is -0.469 e. The number of carbonyl (C=O) groups is 1. The molecule has 0 saturated carbocycles. The van der Waals surface area contributed by atoms with Gasteiger partial charge in [-0.2, -0.15) is 0 Å². The molecule has 1 aliphatic carbocycles. The molecule has 0 fully saturated rings. The van der Waals surface area contributed by atoms with E-state index in [4.69, 9.17) is 5.11 Å². The van der Waals surface area contributed by atoms with E-state index in [1.165, 1.54) is 7.11 Å². The largest absolute Gasteiger partial charge is 0.469 e. The molecule has 0 unspecified atom stereocenters. The third-order valence-corrected chi connectivity index (χ3v) is 2.66.